The molecular formula is C18H22ClN. The molecule has 0 heterocycles. The zero-order valence-electron chi connectivity index (χ0n) is 12.6. The van der Waals surface area contributed by atoms with Crippen molar-refractivity contribution < 1.29 is 0 Å². The Balaban J connectivity index is 2.28. The van der Waals surface area contributed by atoms with Gasteiger partial charge in [-0.15, -0.1) is 0 Å². The molecule has 0 aromatic heterocycles. The van der Waals surface area contributed by atoms with Gasteiger partial charge in [0.2, 0.25) is 0 Å². The Bertz CT molecular complexity index is 564. The molecule has 0 fully saturated rings. The molecular weight excluding hydrogens is 266 g/mol. The van der Waals surface area contributed by atoms with E-state index in [4.69, 9.17) is 11.6 Å². The van der Waals surface area contributed by atoms with E-state index in [0.29, 0.717) is 0 Å². The second-order valence-electron chi connectivity index (χ2n) is 5.60. The van der Waals surface area contributed by atoms with Crippen LogP contribution in [0.4, 0.5) is 0 Å². The van der Waals surface area contributed by atoms with Crippen LogP contribution in [0.2, 0.25) is 5.02 Å². The summed E-state index contributed by atoms with van der Waals surface area (Å²) in [4.78, 5) is 0. The molecule has 0 spiro atoms. The lowest BCUT2D eigenvalue weighted by molar-refractivity contribution is 0.591. The molecule has 106 valence electrons. The summed E-state index contributed by atoms with van der Waals surface area (Å²) in [5.41, 5.74) is 6.44. The maximum absolute atomic E-state index is 6.18. The van der Waals surface area contributed by atoms with Crippen LogP contribution in [0.5, 0.6) is 0 Å². The molecule has 1 unspecified atom stereocenters. The molecule has 0 saturated heterocycles. The van der Waals surface area contributed by atoms with Gasteiger partial charge < -0.3 is 5.32 Å². The third-order valence-electron chi connectivity index (χ3n) is 3.54. The highest BCUT2D eigenvalue weighted by atomic mass is 35.5. The number of hydrogen-bond donors (Lipinski definition) is 1. The van der Waals surface area contributed by atoms with E-state index < -0.39 is 0 Å². The zero-order chi connectivity index (χ0) is 14.7. The lowest BCUT2D eigenvalue weighted by Crippen LogP contribution is -2.19. The quantitative estimate of drug-likeness (QED) is 0.854. The van der Waals surface area contributed by atoms with Gasteiger partial charge >= 0.3 is 0 Å². The van der Waals surface area contributed by atoms with Crippen molar-refractivity contribution in [2.24, 2.45) is 0 Å². The number of aryl methyl sites for hydroxylation is 3. The second kappa shape index (κ2) is 6.43. The van der Waals surface area contributed by atoms with E-state index in [-0.39, 0.29) is 6.04 Å². The summed E-state index contributed by atoms with van der Waals surface area (Å²) in [7, 11) is 2.00. The number of halogens is 1. The average molecular weight is 288 g/mol. The van der Waals surface area contributed by atoms with Gasteiger partial charge in [-0.2, -0.15) is 0 Å². The van der Waals surface area contributed by atoms with E-state index in [1.165, 1.54) is 27.8 Å². The Morgan fingerprint density at radius 1 is 0.900 bits per heavy atom. The summed E-state index contributed by atoms with van der Waals surface area (Å²) in [5.74, 6) is 0. The van der Waals surface area contributed by atoms with Crippen LogP contribution in [0, 0.1) is 20.8 Å². The monoisotopic (exact) mass is 287 g/mol. The predicted molar refractivity (Wildman–Crippen MR) is 87.6 cm³/mol. The summed E-state index contributed by atoms with van der Waals surface area (Å²) < 4.78 is 0. The van der Waals surface area contributed by atoms with Crippen LogP contribution in [0.25, 0.3) is 0 Å². The minimum Gasteiger partial charge on any atom is -0.313 e. The molecule has 0 aliphatic heterocycles. The van der Waals surface area contributed by atoms with E-state index in [2.05, 4.69) is 56.4 Å². The van der Waals surface area contributed by atoms with Crippen LogP contribution in [0.1, 0.15) is 33.9 Å². The highest BCUT2D eigenvalue weighted by Crippen LogP contribution is 2.24. The summed E-state index contributed by atoms with van der Waals surface area (Å²) in [6, 6.07) is 13.3. The van der Waals surface area contributed by atoms with Crippen molar-refractivity contribution in [3.63, 3.8) is 0 Å². The number of rotatable bonds is 4. The second-order valence-corrected chi connectivity index (χ2v) is 6.04. The van der Waals surface area contributed by atoms with Gasteiger partial charge in [-0.25, -0.2) is 0 Å². The van der Waals surface area contributed by atoms with Crippen molar-refractivity contribution in [3.8, 4) is 0 Å². The molecule has 0 radical (unpaired) electrons. The first-order chi connectivity index (χ1) is 9.47. The Kier molecular flexibility index (Phi) is 4.85. The molecule has 0 aliphatic carbocycles. The molecule has 2 aromatic rings. The van der Waals surface area contributed by atoms with E-state index >= 15 is 0 Å². The van der Waals surface area contributed by atoms with Gasteiger partial charge in [-0.1, -0.05) is 47.0 Å². The Labute approximate surface area is 127 Å². The Morgan fingerprint density at radius 2 is 1.50 bits per heavy atom. The van der Waals surface area contributed by atoms with Crippen LogP contribution in [0.3, 0.4) is 0 Å². The minimum atomic E-state index is 0.286. The molecule has 1 atom stereocenters. The molecule has 0 amide bonds. The molecule has 0 aliphatic rings. The standard InChI is InChI=1S/C18H22ClN/c1-12-5-13(2)7-15(6-12)10-18(20-4)16-8-14(3)9-17(19)11-16/h5-9,11,18,20H,10H2,1-4H3. The first kappa shape index (κ1) is 15.1. The van der Waals surface area contributed by atoms with E-state index in [1.54, 1.807) is 0 Å². The van der Waals surface area contributed by atoms with Gasteiger partial charge in [0.15, 0.2) is 0 Å². The van der Waals surface area contributed by atoms with Crippen molar-refractivity contribution in [1.82, 2.24) is 5.32 Å². The number of likely N-dealkylation sites (N-methyl/N-ethyl adjacent to an activating group) is 1. The summed E-state index contributed by atoms with van der Waals surface area (Å²) >= 11 is 6.18. The molecule has 0 bridgehead atoms. The fourth-order valence-electron chi connectivity index (χ4n) is 2.77. The molecule has 20 heavy (non-hydrogen) atoms. The van der Waals surface area contributed by atoms with Crippen LogP contribution in [0.15, 0.2) is 36.4 Å². The minimum absolute atomic E-state index is 0.286. The molecule has 2 heteroatoms. The molecule has 0 saturated carbocycles. The van der Waals surface area contributed by atoms with Crippen LogP contribution >= 0.6 is 11.6 Å². The first-order valence-electron chi connectivity index (χ1n) is 6.99. The first-order valence-corrected chi connectivity index (χ1v) is 7.37. The summed E-state index contributed by atoms with van der Waals surface area (Å²) in [6.45, 7) is 6.38. The van der Waals surface area contributed by atoms with Gasteiger partial charge in [0.25, 0.3) is 0 Å². The van der Waals surface area contributed by atoms with E-state index in [9.17, 15) is 0 Å². The summed E-state index contributed by atoms with van der Waals surface area (Å²) in [5, 5.41) is 4.21. The number of benzene rings is 2. The predicted octanol–water partition coefficient (Wildman–Crippen LogP) is 4.77. The Hall–Kier alpha value is -1.31. The molecule has 1 nitrogen and oxygen atoms in total. The third kappa shape index (κ3) is 3.84. The highest BCUT2D eigenvalue weighted by Gasteiger charge is 2.12. The van der Waals surface area contributed by atoms with Crippen molar-refractivity contribution in [2.45, 2.75) is 33.2 Å². The molecule has 2 rings (SSSR count). The zero-order valence-corrected chi connectivity index (χ0v) is 13.4. The van der Waals surface area contributed by atoms with Crippen LogP contribution in [-0.2, 0) is 6.42 Å². The molecule has 1 N–H and O–H groups in total. The van der Waals surface area contributed by atoms with Crippen LogP contribution < -0.4 is 5.32 Å². The van der Waals surface area contributed by atoms with Crippen molar-refractivity contribution in [1.29, 1.82) is 0 Å². The lowest BCUT2D eigenvalue weighted by atomic mass is 9.96. The SMILES string of the molecule is CNC(Cc1cc(C)cc(C)c1)c1cc(C)cc(Cl)c1. The maximum atomic E-state index is 6.18. The molecule has 2 aromatic carbocycles. The smallest absolute Gasteiger partial charge is 0.0411 e. The number of hydrogen-bond acceptors (Lipinski definition) is 1. The maximum Gasteiger partial charge on any atom is 0.0411 e. The fraction of sp³-hybridized carbons (Fsp3) is 0.333. The topological polar surface area (TPSA) is 12.0 Å². The van der Waals surface area contributed by atoms with Gasteiger partial charge in [-0.3, -0.25) is 0 Å². The van der Waals surface area contributed by atoms with Crippen LogP contribution in [-0.4, -0.2) is 7.05 Å². The highest BCUT2D eigenvalue weighted by molar-refractivity contribution is 6.30. The van der Waals surface area contributed by atoms with Crippen molar-refractivity contribution in [2.75, 3.05) is 7.05 Å². The summed E-state index contributed by atoms with van der Waals surface area (Å²) in [6.07, 6.45) is 0.971. The van der Waals surface area contributed by atoms with Crippen molar-refractivity contribution >= 4 is 11.6 Å². The van der Waals surface area contributed by atoms with Gasteiger partial charge in [0.05, 0.1) is 0 Å². The largest absolute Gasteiger partial charge is 0.313 e. The average Bonchev–Trinajstić information content (AvgIpc) is 2.33. The van der Waals surface area contributed by atoms with E-state index in [0.717, 1.165) is 11.4 Å². The Morgan fingerprint density at radius 3 is 2.05 bits per heavy atom. The lowest BCUT2D eigenvalue weighted by Gasteiger charge is -2.18. The normalized spacial score (nSPS) is 12.4. The van der Waals surface area contributed by atoms with E-state index in [1.807, 2.05) is 13.1 Å². The number of nitrogens with one attached hydrogen (secondary N) is 1. The van der Waals surface area contributed by atoms with Crippen molar-refractivity contribution in [3.05, 3.63) is 69.2 Å². The third-order valence-corrected chi connectivity index (χ3v) is 3.75. The van der Waals surface area contributed by atoms with Gasteiger partial charge in [-0.05, 0) is 63.1 Å². The van der Waals surface area contributed by atoms with Gasteiger partial charge in [0, 0.05) is 11.1 Å². The fourth-order valence-corrected chi connectivity index (χ4v) is 3.07. The van der Waals surface area contributed by atoms with Gasteiger partial charge in [0.1, 0.15) is 0 Å².